The number of esters is 2. The van der Waals surface area contributed by atoms with E-state index in [1.807, 2.05) is 30.3 Å². The molecule has 47 heavy (non-hydrogen) atoms. The van der Waals surface area contributed by atoms with Crippen LogP contribution in [0, 0.1) is 40.4 Å². The number of hydrogen-bond donors (Lipinski definition) is 2. The molecule has 3 fully saturated rings. The number of carbonyl (C=O) groups is 3. The normalized spacial score (nSPS) is 32.4. The lowest BCUT2D eigenvalue weighted by atomic mass is 9.47. The first kappa shape index (κ1) is 35.4. The van der Waals surface area contributed by atoms with Crippen molar-refractivity contribution in [2.75, 3.05) is 20.2 Å². The first-order valence-corrected chi connectivity index (χ1v) is 18.2. The molecular formula is C39H58N2O6. The molecule has 1 unspecified atom stereocenters. The Kier molecular flexibility index (Phi) is 11.7. The van der Waals surface area contributed by atoms with Gasteiger partial charge >= 0.3 is 18.0 Å². The van der Waals surface area contributed by atoms with Crippen LogP contribution < -0.4 is 10.6 Å². The lowest BCUT2D eigenvalue weighted by Crippen LogP contribution is -2.51. The number of amides is 1. The van der Waals surface area contributed by atoms with Gasteiger partial charge in [-0.2, -0.15) is 0 Å². The second kappa shape index (κ2) is 15.6. The minimum atomic E-state index is -0.718. The van der Waals surface area contributed by atoms with E-state index in [-0.39, 0.29) is 24.1 Å². The average molecular weight is 651 g/mol. The molecular weight excluding hydrogens is 592 g/mol. The van der Waals surface area contributed by atoms with Crippen molar-refractivity contribution in [3.8, 4) is 0 Å². The number of fused-ring (bicyclic) bond motifs is 5. The van der Waals surface area contributed by atoms with Crippen molar-refractivity contribution in [3.63, 3.8) is 0 Å². The Balaban J connectivity index is 1.05. The topological polar surface area (TPSA) is 103 Å². The largest absolute Gasteiger partial charge is 0.467 e. The molecule has 0 spiro atoms. The molecule has 1 aromatic carbocycles. The highest BCUT2D eigenvalue weighted by Crippen LogP contribution is 2.67. The molecule has 260 valence electrons. The van der Waals surface area contributed by atoms with E-state index < -0.39 is 18.1 Å². The Morgan fingerprint density at radius 3 is 2.53 bits per heavy atom. The number of carbonyl (C=O) groups excluding carboxylic acids is 3. The van der Waals surface area contributed by atoms with Crippen molar-refractivity contribution in [2.45, 2.75) is 117 Å². The lowest BCUT2D eigenvalue weighted by molar-refractivity contribution is -0.148. The molecule has 0 saturated heterocycles. The molecule has 3 saturated carbocycles. The summed E-state index contributed by atoms with van der Waals surface area (Å²) in [6.45, 7) is 11.1. The molecule has 0 bridgehead atoms. The fourth-order valence-electron chi connectivity index (χ4n) is 10.3. The summed E-state index contributed by atoms with van der Waals surface area (Å²) in [5, 5.41) is 6.40. The second-order valence-corrected chi connectivity index (χ2v) is 15.4. The van der Waals surface area contributed by atoms with Crippen LogP contribution in [-0.4, -0.2) is 50.4 Å². The van der Waals surface area contributed by atoms with Crippen molar-refractivity contribution in [2.24, 2.45) is 40.4 Å². The Hall–Kier alpha value is -2.87. The molecule has 8 heteroatoms. The van der Waals surface area contributed by atoms with Gasteiger partial charge in [-0.3, -0.25) is 4.79 Å². The van der Waals surface area contributed by atoms with Crippen LogP contribution in [-0.2, 0) is 30.4 Å². The highest BCUT2D eigenvalue weighted by Gasteiger charge is 2.59. The standard InChI is InChI=1S/C39H58N2O6/c1-26(24-40-22-10-9-13-35(36(43)45-5)41-37(44)46-25-28-11-7-6-8-12-28)32-16-17-33-31-15-14-29-23-30(47-27(2)42)18-20-38(29,3)34(31)19-21-39(32,33)4/h6-8,11-12,14,26,30-35,40H,9-10,13,15-25H2,1-5H3,(H,41,44)/t26-,30+,31?,32-,33+,34+,35+,38+,39-/m1/s1. The third-order valence-electron chi connectivity index (χ3n) is 12.7. The van der Waals surface area contributed by atoms with E-state index in [4.69, 9.17) is 14.2 Å². The van der Waals surface area contributed by atoms with Crippen LogP contribution in [0.2, 0.25) is 0 Å². The van der Waals surface area contributed by atoms with E-state index in [1.165, 1.54) is 46.1 Å². The number of alkyl carbamates (subject to hydrolysis) is 1. The van der Waals surface area contributed by atoms with Crippen LogP contribution in [0.3, 0.4) is 0 Å². The summed E-state index contributed by atoms with van der Waals surface area (Å²) in [5.41, 5.74) is 3.11. The van der Waals surface area contributed by atoms with E-state index in [9.17, 15) is 14.4 Å². The monoisotopic (exact) mass is 650 g/mol. The Bertz CT molecular complexity index is 1270. The zero-order valence-electron chi connectivity index (χ0n) is 29.4. The van der Waals surface area contributed by atoms with Crippen LogP contribution in [0.5, 0.6) is 0 Å². The number of unbranched alkanes of at least 4 members (excludes halogenated alkanes) is 1. The van der Waals surface area contributed by atoms with E-state index in [0.29, 0.717) is 17.8 Å². The predicted octanol–water partition coefficient (Wildman–Crippen LogP) is 7.36. The molecule has 9 atom stereocenters. The Morgan fingerprint density at radius 1 is 1.00 bits per heavy atom. The van der Waals surface area contributed by atoms with Crippen LogP contribution >= 0.6 is 0 Å². The summed E-state index contributed by atoms with van der Waals surface area (Å²) < 4.78 is 15.9. The fourth-order valence-corrected chi connectivity index (χ4v) is 10.3. The summed E-state index contributed by atoms with van der Waals surface area (Å²) in [6.07, 6.45) is 13.8. The van der Waals surface area contributed by atoms with Gasteiger partial charge in [0.05, 0.1) is 7.11 Å². The third kappa shape index (κ3) is 8.06. The van der Waals surface area contributed by atoms with Crippen molar-refractivity contribution in [1.29, 1.82) is 0 Å². The summed E-state index contributed by atoms with van der Waals surface area (Å²) in [6, 6.07) is 8.75. The highest BCUT2D eigenvalue weighted by molar-refractivity contribution is 5.81. The number of methoxy groups -OCH3 is 1. The molecule has 0 heterocycles. The van der Waals surface area contributed by atoms with Gasteiger partial charge in [0.25, 0.3) is 0 Å². The van der Waals surface area contributed by atoms with Gasteiger partial charge in [-0.05, 0) is 123 Å². The van der Waals surface area contributed by atoms with Gasteiger partial charge in [-0.25, -0.2) is 9.59 Å². The van der Waals surface area contributed by atoms with Crippen LogP contribution in [0.1, 0.15) is 104 Å². The van der Waals surface area contributed by atoms with Gasteiger partial charge in [0.15, 0.2) is 0 Å². The molecule has 8 nitrogen and oxygen atoms in total. The number of allylic oxidation sites excluding steroid dienone is 1. The molecule has 1 aromatic rings. The zero-order chi connectivity index (χ0) is 33.6. The van der Waals surface area contributed by atoms with Gasteiger partial charge in [-0.1, -0.05) is 62.8 Å². The van der Waals surface area contributed by atoms with Crippen molar-refractivity contribution < 1.29 is 28.6 Å². The van der Waals surface area contributed by atoms with E-state index in [0.717, 1.165) is 74.4 Å². The number of hydrogen-bond acceptors (Lipinski definition) is 7. The first-order chi connectivity index (χ1) is 22.5. The van der Waals surface area contributed by atoms with Crippen molar-refractivity contribution >= 4 is 18.0 Å². The summed E-state index contributed by atoms with van der Waals surface area (Å²) in [4.78, 5) is 36.3. The van der Waals surface area contributed by atoms with E-state index >= 15 is 0 Å². The summed E-state index contributed by atoms with van der Waals surface area (Å²) in [5.74, 6) is 3.04. The van der Waals surface area contributed by atoms with E-state index in [1.54, 1.807) is 5.57 Å². The van der Waals surface area contributed by atoms with Crippen LogP contribution in [0.25, 0.3) is 0 Å². The van der Waals surface area contributed by atoms with E-state index in [2.05, 4.69) is 37.5 Å². The Labute approximate surface area is 282 Å². The maximum atomic E-state index is 12.3. The third-order valence-corrected chi connectivity index (χ3v) is 12.7. The van der Waals surface area contributed by atoms with Gasteiger partial charge in [0.2, 0.25) is 0 Å². The van der Waals surface area contributed by atoms with Crippen LogP contribution in [0.4, 0.5) is 4.79 Å². The molecule has 4 aliphatic rings. The Morgan fingerprint density at radius 2 is 1.79 bits per heavy atom. The van der Waals surface area contributed by atoms with Crippen molar-refractivity contribution in [1.82, 2.24) is 10.6 Å². The fraction of sp³-hybridized carbons (Fsp3) is 0.718. The molecule has 2 N–H and O–H groups in total. The van der Waals surface area contributed by atoms with Gasteiger partial charge in [0.1, 0.15) is 18.8 Å². The van der Waals surface area contributed by atoms with Gasteiger partial charge in [-0.15, -0.1) is 0 Å². The minimum Gasteiger partial charge on any atom is -0.467 e. The van der Waals surface area contributed by atoms with Gasteiger partial charge in [0, 0.05) is 13.3 Å². The SMILES string of the molecule is COC(=O)[C@H](CCCCNC[C@@H](C)[C@H]1CC[C@H]2C3CC=C4C[C@@H](OC(C)=O)CC[C@]4(C)[C@H]3CC[C@]12C)NC(=O)OCc1ccccc1. The number of nitrogens with one attached hydrogen (secondary N) is 2. The molecule has 1 amide bonds. The number of benzene rings is 1. The number of ether oxygens (including phenoxy) is 3. The zero-order valence-corrected chi connectivity index (χ0v) is 29.4. The first-order valence-electron chi connectivity index (χ1n) is 18.2. The molecule has 0 aromatic heterocycles. The van der Waals surface area contributed by atoms with Crippen molar-refractivity contribution in [3.05, 3.63) is 47.5 Å². The summed E-state index contributed by atoms with van der Waals surface area (Å²) >= 11 is 0. The average Bonchev–Trinajstić information content (AvgIpc) is 3.42. The second-order valence-electron chi connectivity index (χ2n) is 15.4. The van der Waals surface area contributed by atoms with Gasteiger partial charge < -0.3 is 24.8 Å². The molecule has 0 radical (unpaired) electrons. The minimum absolute atomic E-state index is 0.0568. The predicted molar refractivity (Wildman–Crippen MR) is 182 cm³/mol. The molecule has 5 rings (SSSR count). The summed E-state index contributed by atoms with van der Waals surface area (Å²) in [7, 11) is 1.34. The smallest absolute Gasteiger partial charge is 0.408 e. The highest BCUT2D eigenvalue weighted by atomic mass is 16.6. The molecule has 4 aliphatic carbocycles. The maximum Gasteiger partial charge on any atom is 0.408 e. The maximum absolute atomic E-state index is 12.3. The number of rotatable bonds is 13. The lowest BCUT2D eigenvalue weighted by Gasteiger charge is -2.58. The van der Waals surface area contributed by atoms with Crippen LogP contribution in [0.15, 0.2) is 42.0 Å². The molecule has 0 aliphatic heterocycles. The quantitative estimate of drug-likeness (QED) is 0.0995.